The van der Waals surface area contributed by atoms with Gasteiger partial charge in [-0.3, -0.25) is 44.2 Å². The van der Waals surface area contributed by atoms with E-state index in [1.807, 2.05) is 24.3 Å². The molecule has 5 aromatic rings. The summed E-state index contributed by atoms with van der Waals surface area (Å²) in [6.45, 7) is 7.01. The van der Waals surface area contributed by atoms with E-state index in [4.69, 9.17) is 23.7 Å². The molecular formula is C47H53FN10O10. The minimum absolute atomic E-state index is 0.0547. The number of imide groups is 2. The number of hydrogen-bond acceptors (Lipinski definition) is 16. The maximum Gasteiger partial charge on any atom is 0.264 e. The van der Waals surface area contributed by atoms with Gasteiger partial charge >= 0.3 is 0 Å². The van der Waals surface area contributed by atoms with Gasteiger partial charge in [-0.05, 0) is 42.8 Å². The third kappa shape index (κ3) is 11.3. The van der Waals surface area contributed by atoms with Gasteiger partial charge in [-0.25, -0.2) is 14.4 Å². The lowest BCUT2D eigenvalue weighted by Crippen LogP contribution is -2.54. The number of benzene rings is 3. The first-order valence-corrected chi connectivity index (χ1v) is 22.5. The largest absolute Gasteiger partial charge is 0.496 e. The smallest absolute Gasteiger partial charge is 0.264 e. The van der Waals surface area contributed by atoms with Crippen LogP contribution in [0.1, 0.15) is 33.6 Å². The number of methoxy groups -OCH3 is 1. The lowest BCUT2D eigenvalue weighted by Gasteiger charge is -2.35. The van der Waals surface area contributed by atoms with Crippen molar-refractivity contribution in [2.75, 3.05) is 116 Å². The van der Waals surface area contributed by atoms with Gasteiger partial charge in [0, 0.05) is 62.6 Å². The molecule has 2 aromatic heterocycles. The van der Waals surface area contributed by atoms with E-state index in [9.17, 15) is 28.4 Å². The highest BCUT2D eigenvalue weighted by atomic mass is 19.1. The number of carbonyl (C=O) groups is 5. The second-order valence-corrected chi connectivity index (χ2v) is 16.1. The highest BCUT2D eigenvalue weighted by molar-refractivity contribution is 6.25. The number of ether oxygens (including phenoxy) is 5. The van der Waals surface area contributed by atoms with Gasteiger partial charge in [-0.2, -0.15) is 5.10 Å². The predicted molar refractivity (Wildman–Crippen MR) is 246 cm³/mol. The van der Waals surface area contributed by atoms with E-state index in [1.54, 1.807) is 36.5 Å². The number of aromatic nitrogens is 4. The Bertz CT molecular complexity index is 2600. The lowest BCUT2D eigenvalue weighted by atomic mass is 10.0. The van der Waals surface area contributed by atoms with E-state index in [2.05, 4.69) is 45.9 Å². The molecule has 0 aliphatic carbocycles. The third-order valence-corrected chi connectivity index (χ3v) is 11.7. The lowest BCUT2D eigenvalue weighted by molar-refractivity contribution is -0.136. The molecule has 2 saturated heterocycles. The highest BCUT2D eigenvalue weighted by Crippen LogP contribution is 2.34. The Morgan fingerprint density at radius 2 is 1.50 bits per heavy atom. The van der Waals surface area contributed by atoms with Gasteiger partial charge in [0.15, 0.2) is 5.82 Å². The number of fused-ring (bicyclic) bond motifs is 2. The number of anilines is 2. The van der Waals surface area contributed by atoms with Crippen molar-refractivity contribution in [3.8, 4) is 28.4 Å². The number of amides is 5. The van der Waals surface area contributed by atoms with Gasteiger partial charge in [-0.15, -0.1) is 0 Å². The van der Waals surface area contributed by atoms with E-state index in [-0.39, 0.29) is 41.3 Å². The number of rotatable bonds is 23. The number of carbonyl (C=O) groups excluding carboxylic acids is 5. The van der Waals surface area contributed by atoms with Crippen molar-refractivity contribution in [2.45, 2.75) is 18.9 Å². The first kappa shape index (κ1) is 47.6. The summed E-state index contributed by atoms with van der Waals surface area (Å²) in [5.41, 5.74) is 4.81. The average molecular weight is 937 g/mol. The Balaban J connectivity index is 0.633. The van der Waals surface area contributed by atoms with Crippen LogP contribution in [0.3, 0.4) is 0 Å². The standard InChI is InChI=1S/C47H53FN10O10/c1-64-37-7-3-5-33(48)41(37)44-51-28-35-43(53-44)42(55-54-35)30-8-10-31(11-9-30)57-18-16-56(17-19-57)29-39(60)50-15-21-66-23-25-68-27-26-67-24-22-65-20-14-49-34-6-2-4-32-40(34)47(63)58(46(32)62)36-12-13-38(59)52-45(36)61/h2-11,28,36,49H,12-27,29H2,1H3,(H,50,60)(H,54,55)(H,52,59,61). The first-order valence-electron chi connectivity index (χ1n) is 22.5. The summed E-state index contributed by atoms with van der Waals surface area (Å²) in [5, 5.41) is 15.7. The number of nitrogens with one attached hydrogen (secondary N) is 4. The van der Waals surface area contributed by atoms with Crippen LogP contribution in [0.2, 0.25) is 0 Å². The molecule has 21 heteroatoms. The fraction of sp³-hybridized carbons (Fsp3) is 0.404. The van der Waals surface area contributed by atoms with Crippen LogP contribution in [-0.2, 0) is 33.3 Å². The van der Waals surface area contributed by atoms with Crippen molar-refractivity contribution in [2.24, 2.45) is 0 Å². The number of halogens is 1. The van der Waals surface area contributed by atoms with Gasteiger partial charge < -0.3 is 39.2 Å². The topological polar surface area (TPSA) is 232 Å². The zero-order valence-electron chi connectivity index (χ0n) is 37.6. The van der Waals surface area contributed by atoms with Crippen molar-refractivity contribution < 1.29 is 52.0 Å². The summed E-state index contributed by atoms with van der Waals surface area (Å²) in [4.78, 5) is 77.1. The van der Waals surface area contributed by atoms with Crippen LogP contribution in [0, 0.1) is 5.82 Å². The predicted octanol–water partition coefficient (Wildman–Crippen LogP) is 2.65. The van der Waals surface area contributed by atoms with Gasteiger partial charge in [0.05, 0.1) is 89.4 Å². The van der Waals surface area contributed by atoms with E-state index in [1.165, 1.54) is 13.2 Å². The monoisotopic (exact) mass is 936 g/mol. The summed E-state index contributed by atoms with van der Waals surface area (Å²) >= 11 is 0. The second-order valence-electron chi connectivity index (χ2n) is 16.1. The molecule has 0 bridgehead atoms. The third-order valence-electron chi connectivity index (χ3n) is 11.7. The minimum Gasteiger partial charge on any atom is -0.496 e. The average Bonchev–Trinajstić information content (AvgIpc) is 3.88. The molecule has 358 valence electrons. The molecule has 1 atom stereocenters. The Morgan fingerprint density at radius 3 is 2.21 bits per heavy atom. The molecule has 0 radical (unpaired) electrons. The van der Waals surface area contributed by atoms with Crippen molar-refractivity contribution in [1.82, 2.24) is 40.6 Å². The molecule has 3 aliphatic rings. The number of hydrogen-bond donors (Lipinski definition) is 4. The molecule has 4 N–H and O–H groups in total. The number of piperazine rings is 1. The van der Waals surface area contributed by atoms with Gasteiger partial charge in [0.2, 0.25) is 17.7 Å². The number of piperidine rings is 1. The Morgan fingerprint density at radius 1 is 0.809 bits per heavy atom. The fourth-order valence-electron chi connectivity index (χ4n) is 8.22. The van der Waals surface area contributed by atoms with Crippen molar-refractivity contribution >= 4 is 51.9 Å². The SMILES string of the molecule is COc1cccc(F)c1-c1ncc2[nH]nc(-c3ccc(N4CCN(CC(=O)NCCOCCOCCOCCOCCNc5cccc6c5C(=O)N(C5CCC(=O)NC5=O)C6=O)CC4)cc3)c2n1. The van der Waals surface area contributed by atoms with Gasteiger partial charge in [-0.1, -0.05) is 24.3 Å². The fourth-order valence-corrected chi connectivity index (χ4v) is 8.22. The number of aromatic amines is 1. The number of H-pyrrole nitrogens is 1. The minimum atomic E-state index is -1.03. The second kappa shape index (κ2) is 22.7. The molecule has 2 fully saturated rings. The van der Waals surface area contributed by atoms with E-state index in [0.717, 1.165) is 42.3 Å². The van der Waals surface area contributed by atoms with E-state index >= 15 is 0 Å². The molecule has 0 spiro atoms. The number of nitrogens with zero attached hydrogens (tertiary/aromatic N) is 6. The molecule has 5 heterocycles. The maximum atomic E-state index is 14.8. The van der Waals surface area contributed by atoms with E-state index in [0.29, 0.717) is 101 Å². The summed E-state index contributed by atoms with van der Waals surface area (Å²) in [6.07, 6.45) is 1.74. The zero-order chi connectivity index (χ0) is 47.4. The van der Waals surface area contributed by atoms with Crippen LogP contribution < -0.4 is 25.6 Å². The van der Waals surface area contributed by atoms with Crippen LogP contribution in [0.15, 0.2) is 66.9 Å². The van der Waals surface area contributed by atoms with Crippen LogP contribution in [0.5, 0.6) is 5.75 Å². The van der Waals surface area contributed by atoms with Crippen molar-refractivity contribution in [3.05, 3.63) is 83.8 Å². The van der Waals surface area contributed by atoms with Crippen LogP contribution in [-0.4, -0.2) is 171 Å². The molecule has 3 aliphatic heterocycles. The Hall–Kier alpha value is -6.91. The zero-order valence-corrected chi connectivity index (χ0v) is 37.6. The van der Waals surface area contributed by atoms with Crippen LogP contribution in [0.4, 0.5) is 15.8 Å². The normalized spacial score (nSPS) is 16.4. The summed E-state index contributed by atoms with van der Waals surface area (Å²) in [7, 11) is 1.48. The Labute approximate surface area is 390 Å². The molecular weight excluding hydrogens is 884 g/mol. The molecule has 1 unspecified atom stereocenters. The molecule has 0 saturated carbocycles. The molecule has 8 rings (SSSR count). The molecule has 3 aromatic carbocycles. The summed E-state index contributed by atoms with van der Waals surface area (Å²) in [6, 6.07) is 16.5. The summed E-state index contributed by atoms with van der Waals surface area (Å²) < 4.78 is 42.5. The Kier molecular flexibility index (Phi) is 15.9. The molecule has 5 amide bonds. The van der Waals surface area contributed by atoms with Crippen molar-refractivity contribution in [1.29, 1.82) is 0 Å². The van der Waals surface area contributed by atoms with E-state index < -0.39 is 35.5 Å². The highest BCUT2D eigenvalue weighted by Gasteiger charge is 2.45. The van der Waals surface area contributed by atoms with Gasteiger partial charge in [0.25, 0.3) is 11.8 Å². The van der Waals surface area contributed by atoms with Gasteiger partial charge in [0.1, 0.15) is 34.3 Å². The van der Waals surface area contributed by atoms with Crippen molar-refractivity contribution in [3.63, 3.8) is 0 Å². The quantitative estimate of drug-likeness (QED) is 0.0545. The van der Waals surface area contributed by atoms with Crippen LogP contribution in [0.25, 0.3) is 33.7 Å². The van der Waals surface area contributed by atoms with Crippen LogP contribution >= 0.6 is 0 Å². The summed E-state index contributed by atoms with van der Waals surface area (Å²) in [5.74, 6) is -2.19. The molecule has 20 nitrogen and oxygen atoms in total. The first-order chi connectivity index (χ1) is 33.2. The molecule has 68 heavy (non-hydrogen) atoms. The maximum absolute atomic E-state index is 14.8.